The van der Waals surface area contributed by atoms with Crippen molar-refractivity contribution < 1.29 is 5.11 Å². The molecule has 2 heteroatoms. The fourth-order valence-corrected chi connectivity index (χ4v) is 1.66. The van der Waals surface area contributed by atoms with E-state index >= 15 is 0 Å². The molecule has 80 valence electrons. The van der Waals surface area contributed by atoms with E-state index in [4.69, 9.17) is 10.4 Å². The normalized spacial score (nSPS) is 12.1. The van der Waals surface area contributed by atoms with Gasteiger partial charge in [0.2, 0.25) is 0 Å². The van der Waals surface area contributed by atoms with Gasteiger partial charge in [0.25, 0.3) is 0 Å². The van der Waals surface area contributed by atoms with E-state index in [0.29, 0.717) is 11.5 Å². The lowest BCUT2D eigenvalue weighted by molar-refractivity contribution is 0.273. The summed E-state index contributed by atoms with van der Waals surface area (Å²) in [6, 6.07) is 9.84. The lowest BCUT2D eigenvalue weighted by Gasteiger charge is -2.10. The van der Waals surface area contributed by atoms with Crippen molar-refractivity contribution in [3.05, 3.63) is 35.4 Å². The molecule has 0 amide bonds. The van der Waals surface area contributed by atoms with E-state index in [1.165, 1.54) is 5.56 Å². The van der Waals surface area contributed by atoms with Gasteiger partial charge in [-0.15, -0.1) is 0 Å². The Morgan fingerprint density at radius 2 is 2.00 bits per heavy atom. The highest BCUT2D eigenvalue weighted by Gasteiger charge is 2.03. The molecular weight excluding hydrogens is 186 g/mol. The van der Waals surface area contributed by atoms with Crippen LogP contribution in [0.2, 0.25) is 0 Å². The van der Waals surface area contributed by atoms with Crippen LogP contribution in [0.25, 0.3) is 0 Å². The molecule has 1 aromatic rings. The van der Waals surface area contributed by atoms with Gasteiger partial charge >= 0.3 is 0 Å². The molecule has 0 spiro atoms. The number of benzene rings is 1. The molecule has 0 radical (unpaired) electrons. The summed E-state index contributed by atoms with van der Waals surface area (Å²) in [6.07, 6.45) is 2.94. The molecule has 2 nitrogen and oxygen atoms in total. The Balaban J connectivity index is 2.47. The lowest BCUT2D eigenvalue weighted by atomic mass is 9.96. The van der Waals surface area contributed by atoms with Gasteiger partial charge in [0.05, 0.1) is 11.6 Å². The third kappa shape index (κ3) is 4.14. The SMILES string of the molecule is CC(CCCO)Cc1ccc(C#N)cc1. The molecule has 0 aliphatic rings. The van der Waals surface area contributed by atoms with Crippen molar-refractivity contribution in [1.82, 2.24) is 0 Å². The van der Waals surface area contributed by atoms with Crippen LogP contribution in [0.5, 0.6) is 0 Å². The van der Waals surface area contributed by atoms with Crippen molar-refractivity contribution >= 4 is 0 Å². The quantitative estimate of drug-likeness (QED) is 0.799. The topological polar surface area (TPSA) is 44.0 Å². The number of nitriles is 1. The first kappa shape index (κ1) is 11.7. The van der Waals surface area contributed by atoms with E-state index in [0.717, 1.165) is 19.3 Å². The van der Waals surface area contributed by atoms with Crippen LogP contribution in [0, 0.1) is 17.2 Å². The zero-order valence-corrected chi connectivity index (χ0v) is 9.11. The van der Waals surface area contributed by atoms with Crippen molar-refractivity contribution in [2.75, 3.05) is 6.61 Å². The maximum atomic E-state index is 8.71. The second-order valence-corrected chi connectivity index (χ2v) is 3.98. The maximum absolute atomic E-state index is 8.71. The molecule has 1 aromatic carbocycles. The molecule has 0 saturated heterocycles. The van der Waals surface area contributed by atoms with E-state index in [9.17, 15) is 0 Å². The molecule has 0 saturated carbocycles. The summed E-state index contributed by atoms with van der Waals surface area (Å²) < 4.78 is 0. The van der Waals surface area contributed by atoms with E-state index in [1.54, 1.807) is 0 Å². The first-order valence-electron chi connectivity index (χ1n) is 5.36. The van der Waals surface area contributed by atoms with Gasteiger partial charge in [-0.1, -0.05) is 19.1 Å². The summed E-state index contributed by atoms with van der Waals surface area (Å²) in [7, 11) is 0. The molecule has 1 N–H and O–H groups in total. The molecule has 0 bridgehead atoms. The maximum Gasteiger partial charge on any atom is 0.0991 e. The van der Waals surface area contributed by atoms with E-state index in [-0.39, 0.29) is 6.61 Å². The highest BCUT2D eigenvalue weighted by molar-refractivity contribution is 5.31. The Morgan fingerprint density at radius 3 is 2.53 bits per heavy atom. The molecule has 0 heterocycles. The molecule has 0 fully saturated rings. The Morgan fingerprint density at radius 1 is 1.33 bits per heavy atom. The molecule has 0 aliphatic carbocycles. The Hall–Kier alpha value is -1.33. The van der Waals surface area contributed by atoms with Gasteiger partial charge in [0.15, 0.2) is 0 Å². The average Bonchev–Trinajstić information content (AvgIpc) is 2.27. The van der Waals surface area contributed by atoms with Gasteiger partial charge in [-0.3, -0.25) is 0 Å². The van der Waals surface area contributed by atoms with Gasteiger partial charge in [-0.25, -0.2) is 0 Å². The van der Waals surface area contributed by atoms with Crippen molar-refractivity contribution in [2.45, 2.75) is 26.2 Å². The summed E-state index contributed by atoms with van der Waals surface area (Å²) >= 11 is 0. The van der Waals surface area contributed by atoms with Crippen LogP contribution >= 0.6 is 0 Å². The third-order valence-corrected chi connectivity index (χ3v) is 2.52. The largest absolute Gasteiger partial charge is 0.396 e. The van der Waals surface area contributed by atoms with Crippen LogP contribution in [0.1, 0.15) is 30.9 Å². The van der Waals surface area contributed by atoms with Crippen LogP contribution < -0.4 is 0 Å². The van der Waals surface area contributed by atoms with E-state index < -0.39 is 0 Å². The minimum Gasteiger partial charge on any atom is -0.396 e. The Labute approximate surface area is 91.2 Å². The highest BCUT2D eigenvalue weighted by atomic mass is 16.2. The third-order valence-electron chi connectivity index (χ3n) is 2.52. The lowest BCUT2D eigenvalue weighted by Crippen LogP contribution is -2.01. The second-order valence-electron chi connectivity index (χ2n) is 3.98. The van der Waals surface area contributed by atoms with E-state index in [1.807, 2.05) is 24.3 Å². The molecule has 0 aromatic heterocycles. The number of aliphatic hydroxyl groups is 1. The number of hydrogen-bond donors (Lipinski definition) is 1. The zero-order valence-electron chi connectivity index (χ0n) is 9.11. The molecule has 15 heavy (non-hydrogen) atoms. The van der Waals surface area contributed by atoms with Gasteiger partial charge in [0, 0.05) is 6.61 Å². The van der Waals surface area contributed by atoms with Crippen LogP contribution in [0.15, 0.2) is 24.3 Å². The number of nitrogens with zero attached hydrogens (tertiary/aromatic N) is 1. The predicted molar refractivity (Wildman–Crippen MR) is 60.3 cm³/mol. The average molecular weight is 203 g/mol. The van der Waals surface area contributed by atoms with E-state index in [2.05, 4.69) is 13.0 Å². The Bertz CT molecular complexity index is 323. The van der Waals surface area contributed by atoms with Crippen LogP contribution in [-0.2, 0) is 6.42 Å². The monoisotopic (exact) mass is 203 g/mol. The first-order chi connectivity index (χ1) is 7.26. The van der Waals surface area contributed by atoms with Gasteiger partial charge in [-0.2, -0.15) is 5.26 Å². The summed E-state index contributed by atoms with van der Waals surface area (Å²) in [6.45, 7) is 2.46. The molecule has 1 atom stereocenters. The molecule has 1 rings (SSSR count). The highest BCUT2D eigenvalue weighted by Crippen LogP contribution is 2.13. The van der Waals surface area contributed by atoms with Crippen molar-refractivity contribution in [2.24, 2.45) is 5.92 Å². The minimum atomic E-state index is 0.276. The summed E-state index contributed by atoms with van der Waals surface area (Å²) in [4.78, 5) is 0. The standard InChI is InChI=1S/C13H17NO/c1-11(3-2-8-15)9-12-4-6-13(10-14)7-5-12/h4-7,11,15H,2-3,8-9H2,1H3. The summed E-state index contributed by atoms with van der Waals surface area (Å²) in [5, 5.41) is 17.4. The number of hydrogen-bond acceptors (Lipinski definition) is 2. The molecule has 0 aliphatic heterocycles. The number of aliphatic hydroxyl groups excluding tert-OH is 1. The fraction of sp³-hybridized carbons (Fsp3) is 0.462. The van der Waals surface area contributed by atoms with Gasteiger partial charge in [0.1, 0.15) is 0 Å². The smallest absolute Gasteiger partial charge is 0.0991 e. The summed E-state index contributed by atoms with van der Waals surface area (Å²) in [5.41, 5.74) is 1.97. The first-order valence-corrected chi connectivity index (χ1v) is 5.36. The van der Waals surface area contributed by atoms with Crippen molar-refractivity contribution in [1.29, 1.82) is 5.26 Å². The van der Waals surface area contributed by atoms with Crippen molar-refractivity contribution in [3.8, 4) is 6.07 Å². The summed E-state index contributed by atoms with van der Waals surface area (Å²) in [5.74, 6) is 0.588. The minimum absolute atomic E-state index is 0.276. The van der Waals surface area contributed by atoms with Crippen LogP contribution in [0.4, 0.5) is 0 Å². The second kappa shape index (κ2) is 6.21. The van der Waals surface area contributed by atoms with Gasteiger partial charge in [-0.05, 0) is 42.9 Å². The fourth-order valence-electron chi connectivity index (χ4n) is 1.66. The molecule has 1 unspecified atom stereocenters. The van der Waals surface area contributed by atoms with Crippen molar-refractivity contribution in [3.63, 3.8) is 0 Å². The van der Waals surface area contributed by atoms with Crippen LogP contribution in [0.3, 0.4) is 0 Å². The van der Waals surface area contributed by atoms with Crippen LogP contribution in [-0.4, -0.2) is 11.7 Å². The molecular formula is C13H17NO. The van der Waals surface area contributed by atoms with Gasteiger partial charge < -0.3 is 5.11 Å². The Kier molecular flexibility index (Phi) is 4.86. The number of rotatable bonds is 5. The zero-order chi connectivity index (χ0) is 11.1. The predicted octanol–water partition coefficient (Wildman–Crippen LogP) is 2.51.